The lowest BCUT2D eigenvalue weighted by atomic mass is 9.91. The molecule has 200 valence electrons. The quantitative estimate of drug-likeness (QED) is 0.318. The van der Waals surface area contributed by atoms with Gasteiger partial charge in [-0.25, -0.2) is 4.79 Å². The van der Waals surface area contributed by atoms with E-state index in [0.717, 1.165) is 61.3 Å². The summed E-state index contributed by atoms with van der Waals surface area (Å²) in [5.74, 6) is 1.82. The van der Waals surface area contributed by atoms with Crippen LogP contribution in [0.15, 0.2) is 65.4 Å². The number of nitrogens with one attached hydrogen (secondary N) is 1. The van der Waals surface area contributed by atoms with E-state index in [9.17, 15) is 9.90 Å². The van der Waals surface area contributed by atoms with Crippen molar-refractivity contribution in [3.05, 3.63) is 83.5 Å². The zero-order chi connectivity index (χ0) is 26.9. The van der Waals surface area contributed by atoms with Gasteiger partial charge in [-0.05, 0) is 62.8 Å². The van der Waals surface area contributed by atoms with Crippen molar-refractivity contribution < 1.29 is 23.9 Å². The predicted octanol–water partition coefficient (Wildman–Crippen LogP) is 6.79. The van der Waals surface area contributed by atoms with Crippen molar-refractivity contribution in [2.75, 3.05) is 30.4 Å². The lowest BCUT2D eigenvalue weighted by Gasteiger charge is -2.34. The third-order valence-electron chi connectivity index (χ3n) is 7.91. The molecule has 1 atom stereocenters. The minimum absolute atomic E-state index is 0.118. The molecule has 1 aliphatic heterocycles. The minimum Gasteiger partial charge on any atom is -0.512 e. The van der Waals surface area contributed by atoms with Gasteiger partial charge in [0.15, 0.2) is 5.76 Å². The smallest absolute Gasteiger partial charge is 0.412 e. The Morgan fingerprint density at radius 2 is 1.92 bits per heavy atom. The van der Waals surface area contributed by atoms with Crippen LogP contribution in [0, 0.1) is 6.92 Å². The van der Waals surface area contributed by atoms with Crippen LogP contribution >= 0.6 is 0 Å². The Balaban J connectivity index is 1.24. The molecule has 0 bridgehead atoms. The second-order valence-corrected chi connectivity index (χ2v) is 10.3. The van der Waals surface area contributed by atoms with Crippen LogP contribution in [0.4, 0.5) is 16.2 Å². The van der Waals surface area contributed by atoms with E-state index in [0.29, 0.717) is 17.1 Å². The van der Waals surface area contributed by atoms with Crippen molar-refractivity contribution in [1.82, 2.24) is 5.16 Å². The largest absolute Gasteiger partial charge is 0.512 e. The monoisotopic (exact) mass is 517 g/mol. The van der Waals surface area contributed by atoms with Gasteiger partial charge < -0.3 is 24.0 Å². The number of allylic oxidation sites excluding steroid dienone is 1. The molecule has 2 N–H and O–H groups in total. The van der Waals surface area contributed by atoms with E-state index in [-0.39, 0.29) is 23.2 Å². The fourth-order valence-electron chi connectivity index (χ4n) is 5.39. The highest BCUT2D eigenvalue weighted by Crippen LogP contribution is 2.53. The Morgan fingerprint density at radius 3 is 2.55 bits per heavy atom. The number of carbonyl (C=O) groups is 1. The normalized spacial score (nSPS) is 17.5. The average Bonchev–Trinajstić information content (AvgIpc) is 3.68. The second kappa shape index (κ2) is 10.4. The Morgan fingerprint density at radius 1 is 1.21 bits per heavy atom. The molecule has 0 spiro atoms. The van der Waals surface area contributed by atoms with Crippen LogP contribution in [-0.4, -0.2) is 36.6 Å². The molecule has 2 fully saturated rings. The number of anilines is 2. The molecule has 1 aliphatic carbocycles. The number of carbonyl (C=O) groups excluding carboxylic acids is 1. The number of hydrogen-bond donors (Lipinski definition) is 2. The fourth-order valence-corrected chi connectivity index (χ4v) is 5.39. The Kier molecular flexibility index (Phi) is 7.06. The second-order valence-electron chi connectivity index (χ2n) is 10.3. The van der Waals surface area contributed by atoms with Gasteiger partial charge >= 0.3 is 6.09 Å². The number of piperidine rings is 1. The Hall–Kier alpha value is -3.94. The van der Waals surface area contributed by atoms with E-state index in [2.05, 4.69) is 34.1 Å². The molecule has 0 unspecified atom stereocenters. The maximum absolute atomic E-state index is 12.7. The summed E-state index contributed by atoms with van der Waals surface area (Å²) in [6, 6.07) is 15.8. The maximum atomic E-state index is 12.7. The molecule has 5 rings (SSSR count). The first-order chi connectivity index (χ1) is 18.3. The molecule has 1 saturated carbocycles. The molecule has 3 aromatic rings. The van der Waals surface area contributed by atoms with Gasteiger partial charge in [-0.2, -0.15) is 0 Å². The molecule has 2 aliphatic rings. The van der Waals surface area contributed by atoms with Gasteiger partial charge in [0.05, 0.1) is 24.0 Å². The summed E-state index contributed by atoms with van der Waals surface area (Å²) in [6.45, 7) is 9.04. The van der Waals surface area contributed by atoms with E-state index in [1.54, 1.807) is 7.11 Å². The van der Waals surface area contributed by atoms with Crippen LogP contribution in [-0.2, 0) is 10.2 Å². The molecule has 0 radical (unpaired) electrons. The number of aliphatic hydroxyl groups is 1. The topological polar surface area (TPSA) is 97.1 Å². The number of benzene rings is 2. The van der Waals surface area contributed by atoms with Gasteiger partial charge in [0.1, 0.15) is 23.2 Å². The fraction of sp³-hybridized carbons (Fsp3) is 0.400. The molecule has 8 nitrogen and oxygen atoms in total. The number of rotatable bonds is 8. The molecule has 38 heavy (non-hydrogen) atoms. The van der Waals surface area contributed by atoms with Crippen LogP contribution in [0.5, 0.6) is 5.75 Å². The van der Waals surface area contributed by atoms with Crippen molar-refractivity contribution >= 4 is 17.5 Å². The Labute approximate surface area is 223 Å². The van der Waals surface area contributed by atoms with Crippen molar-refractivity contribution in [1.29, 1.82) is 0 Å². The first-order valence-electron chi connectivity index (χ1n) is 13.1. The van der Waals surface area contributed by atoms with E-state index in [1.165, 1.54) is 0 Å². The molecule has 2 heterocycles. The maximum Gasteiger partial charge on any atom is 0.412 e. The first-order valence-corrected chi connectivity index (χ1v) is 13.1. The highest BCUT2D eigenvalue weighted by Gasteiger charge is 2.47. The average molecular weight is 518 g/mol. The summed E-state index contributed by atoms with van der Waals surface area (Å²) in [6.07, 6.45) is 2.57. The van der Waals surface area contributed by atoms with E-state index < -0.39 is 6.09 Å². The molecular weight excluding hydrogens is 482 g/mol. The zero-order valence-corrected chi connectivity index (χ0v) is 22.2. The molecule has 8 heteroatoms. The summed E-state index contributed by atoms with van der Waals surface area (Å²) >= 11 is 0. The SMILES string of the molecule is C=C(O)C1(c2ccc(N3CCC(c4onc(C)c4NC(=O)O[C@H](C)c4ccccc4)CC3)c(OC)c2)CC1. The predicted molar refractivity (Wildman–Crippen MR) is 146 cm³/mol. The number of aliphatic hydroxyl groups excluding tert-OH is 1. The summed E-state index contributed by atoms with van der Waals surface area (Å²) in [7, 11) is 1.68. The third-order valence-corrected chi connectivity index (χ3v) is 7.91. The number of amides is 1. The summed E-state index contributed by atoms with van der Waals surface area (Å²) < 4.78 is 17.0. The van der Waals surface area contributed by atoms with Crippen LogP contribution < -0.4 is 15.0 Å². The molecular formula is C30H35N3O5. The molecule has 1 saturated heterocycles. The van der Waals surface area contributed by atoms with Crippen LogP contribution in [0.1, 0.15) is 67.2 Å². The number of aromatic nitrogens is 1. The van der Waals surface area contributed by atoms with Crippen LogP contribution in [0.3, 0.4) is 0 Å². The molecule has 1 aromatic heterocycles. The molecule has 2 aromatic carbocycles. The Bertz CT molecular complexity index is 1310. The van der Waals surface area contributed by atoms with Gasteiger partial charge in [0.25, 0.3) is 0 Å². The van der Waals surface area contributed by atoms with Gasteiger partial charge in [-0.3, -0.25) is 5.32 Å². The molecule has 1 amide bonds. The van der Waals surface area contributed by atoms with E-state index in [1.807, 2.05) is 50.2 Å². The first kappa shape index (κ1) is 25.7. The highest BCUT2D eigenvalue weighted by atomic mass is 16.6. The number of aryl methyl sites for hydroxylation is 1. The number of nitrogens with zero attached hydrogens (tertiary/aromatic N) is 2. The van der Waals surface area contributed by atoms with Crippen molar-refractivity contribution in [2.24, 2.45) is 0 Å². The lowest BCUT2D eigenvalue weighted by Crippen LogP contribution is -2.33. The van der Waals surface area contributed by atoms with Gasteiger partial charge in [-0.15, -0.1) is 0 Å². The van der Waals surface area contributed by atoms with Crippen molar-refractivity contribution in [3.63, 3.8) is 0 Å². The van der Waals surface area contributed by atoms with E-state index >= 15 is 0 Å². The summed E-state index contributed by atoms with van der Waals surface area (Å²) in [5, 5.41) is 17.1. The lowest BCUT2D eigenvalue weighted by molar-refractivity contribution is 0.121. The van der Waals surface area contributed by atoms with Crippen molar-refractivity contribution in [3.8, 4) is 5.75 Å². The zero-order valence-electron chi connectivity index (χ0n) is 22.2. The van der Waals surface area contributed by atoms with Gasteiger partial charge in [-0.1, -0.05) is 48.1 Å². The standard InChI is InChI=1S/C30H35N3O5/c1-19-27(31-29(35)37-20(2)22-8-6-5-7-9-22)28(38-32-19)23-12-16-33(17-13-23)25-11-10-24(18-26(25)36-4)30(14-15-30)21(3)34/h5-11,18,20,23,34H,3,12-17H2,1-2,4H3,(H,31,35)/t20-/m1/s1. The number of ether oxygens (including phenoxy) is 2. The summed E-state index contributed by atoms with van der Waals surface area (Å²) in [5.41, 5.74) is 3.89. The minimum atomic E-state index is -0.532. The van der Waals surface area contributed by atoms with E-state index in [4.69, 9.17) is 14.0 Å². The number of hydrogen-bond acceptors (Lipinski definition) is 7. The van der Waals surface area contributed by atoms with Gasteiger partial charge in [0, 0.05) is 19.0 Å². The van der Waals surface area contributed by atoms with Crippen LogP contribution in [0.2, 0.25) is 0 Å². The van der Waals surface area contributed by atoms with Gasteiger partial charge in [0.2, 0.25) is 0 Å². The van der Waals surface area contributed by atoms with Crippen molar-refractivity contribution in [2.45, 2.75) is 57.0 Å². The summed E-state index contributed by atoms with van der Waals surface area (Å²) in [4.78, 5) is 15.0. The van der Waals surface area contributed by atoms with Crippen LogP contribution in [0.25, 0.3) is 0 Å². The number of methoxy groups -OCH3 is 1. The third kappa shape index (κ3) is 4.95. The highest BCUT2D eigenvalue weighted by molar-refractivity contribution is 5.86.